The van der Waals surface area contributed by atoms with Gasteiger partial charge in [-0.2, -0.15) is 0 Å². The summed E-state index contributed by atoms with van der Waals surface area (Å²) in [5.41, 5.74) is 50.7. The average Bonchev–Trinajstić information content (AvgIpc) is 1.48. The molecule has 0 fully saturated rings. The van der Waals surface area contributed by atoms with E-state index in [0.717, 1.165) is 38.7 Å². The summed E-state index contributed by atoms with van der Waals surface area (Å²) in [6.45, 7) is 21.5. The van der Waals surface area contributed by atoms with Gasteiger partial charge in [0.1, 0.15) is 22.3 Å². The van der Waals surface area contributed by atoms with E-state index in [0.29, 0.717) is 6.42 Å². The first kappa shape index (κ1) is 77.2. The molecular formula is C126H106O2. The van der Waals surface area contributed by atoms with Gasteiger partial charge in [0.25, 0.3) is 0 Å². The van der Waals surface area contributed by atoms with Crippen LogP contribution in [0.15, 0.2) is 324 Å². The Hall–Kier alpha value is -13.1. The molecule has 25 rings (SSSR count). The van der Waals surface area contributed by atoms with Crippen LogP contribution in [-0.4, -0.2) is 0 Å². The minimum absolute atomic E-state index is 0.0165. The second-order valence-electron chi connectivity index (χ2n) is 40.6. The van der Waals surface area contributed by atoms with E-state index in [4.69, 9.17) is 8.83 Å². The molecule has 2 heterocycles. The highest BCUT2D eigenvalue weighted by Gasteiger charge is 2.57. The van der Waals surface area contributed by atoms with E-state index in [1.807, 2.05) is 0 Å². The fourth-order valence-electron chi connectivity index (χ4n) is 25.9. The predicted molar refractivity (Wildman–Crippen MR) is 536 cm³/mol. The first-order valence-electron chi connectivity index (χ1n) is 47.7. The van der Waals surface area contributed by atoms with E-state index < -0.39 is 10.8 Å². The Kier molecular flexibility index (Phi) is 17.2. The maximum absolute atomic E-state index is 7.29. The zero-order valence-corrected chi connectivity index (χ0v) is 75.1. The number of benzene rings is 16. The molecule has 128 heavy (non-hydrogen) atoms. The van der Waals surface area contributed by atoms with Crippen molar-refractivity contribution in [1.29, 1.82) is 0 Å². The molecule has 0 unspecified atom stereocenters. The summed E-state index contributed by atoms with van der Waals surface area (Å²) in [5, 5.41) is 4.68. The molecule has 0 atom stereocenters. The normalized spacial score (nSPS) is 15.5. The number of fused-ring (bicyclic) bond motifs is 37. The number of hydrogen-bond acceptors (Lipinski definition) is 2. The quantitative estimate of drug-likeness (QED) is 0.0632. The third kappa shape index (κ3) is 10.8. The molecule has 0 amide bonds. The molecule has 0 bridgehead atoms. The van der Waals surface area contributed by atoms with Gasteiger partial charge in [-0.3, -0.25) is 0 Å². The second kappa shape index (κ2) is 28.4. The van der Waals surface area contributed by atoms with Gasteiger partial charge in [0.2, 0.25) is 0 Å². The van der Waals surface area contributed by atoms with Gasteiger partial charge < -0.3 is 8.83 Å². The van der Waals surface area contributed by atoms with Crippen molar-refractivity contribution < 1.29 is 8.83 Å². The number of unbranched alkanes of at least 4 members (excludes halogenated alkanes) is 8. The van der Waals surface area contributed by atoms with Gasteiger partial charge >= 0.3 is 0 Å². The Morgan fingerprint density at radius 2 is 0.734 bits per heavy atom. The van der Waals surface area contributed by atoms with Gasteiger partial charge in [-0.25, -0.2) is 0 Å². The van der Waals surface area contributed by atoms with Crippen molar-refractivity contribution in [3.05, 3.63) is 416 Å². The average molecular weight is 1650 g/mol. The van der Waals surface area contributed by atoms with Crippen LogP contribution >= 0.6 is 0 Å². The summed E-state index contributed by atoms with van der Waals surface area (Å²) in [6, 6.07) is 123. The largest absolute Gasteiger partial charge is 0.456 e. The summed E-state index contributed by atoms with van der Waals surface area (Å²) in [6.07, 6.45) is 18.6. The fraction of sp³-hybridized carbons (Fsp3) is 0.222. The lowest BCUT2D eigenvalue weighted by molar-refractivity contribution is 0.399. The fourth-order valence-corrected chi connectivity index (χ4v) is 25.9. The smallest absolute Gasteiger partial charge is 0.143 e. The molecule has 622 valence electrons. The monoisotopic (exact) mass is 1650 g/mol. The minimum Gasteiger partial charge on any atom is -0.456 e. The highest BCUT2D eigenvalue weighted by atomic mass is 16.3. The zero-order valence-electron chi connectivity index (χ0n) is 75.1. The Labute approximate surface area is 753 Å². The highest BCUT2D eigenvalue weighted by Crippen LogP contribution is 2.70. The maximum Gasteiger partial charge on any atom is 0.143 e. The summed E-state index contributed by atoms with van der Waals surface area (Å²) < 4.78 is 14.2. The van der Waals surface area contributed by atoms with Crippen LogP contribution < -0.4 is 0 Å². The number of hydrogen-bond donors (Lipinski definition) is 0. The van der Waals surface area contributed by atoms with Gasteiger partial charge in [-0.15, -0.1) is 0 Å². The topological polar surface area (TPSA) is 26.3 Å². The number of rotatable bonds is 18. The summed E-state index contributed by atoms with van der Waals surface area (Å²) in [7, 11) is 0. The van der Waals surface area contributed by atoms with E-state index in [2.05, 4.69) is 384 Å². The minimum atomic E-state index is -0.637. The summed E-state index contributed by atoms with van der Waals surface area (Å²) in [5.74, 6) is 0. The molecule has 7 aliphatic carbocycles. The third-order valence-corrected chi connectivity index (χ3v) is 32.0. The molecule has 2 spiro atoms. The van der Waals surface area contributed by atoms with Crippen molar-refractivity contribution >= 4 is 55.5 Å². The number of allylic oxidation sites excluding steroid dienone is 1. The molecule has 7 aliphatic rings. The Morgan fingerprint density at radius 1 is 0.297 bits per heavy atom. The van der Waals surface area contributed by atoms with Crippen LogP contribution in [0.1, 0.15) is 240 Å². The third-order valence-electron chi connectivity index (χ3n) is 32.0. The molecule has 18 aromatic rings. The molecule has 0 saturated carbocycles. The van der Waals surface area contributed by atoms with E-state index in [1.54, 1.807) is 11.1 Å². The molecule has 0 radical (unpaired) electrons. The summed E-state index contributed by atoms with van der Waals surface area (Å²) >= 11 is 0. The summed E-state index contributed by atoms with van der Waals surface area (Å²) in [4.78, 5) is 0. The van der Waals surface area contributed by atoms with Crippen molar-refractivity contribution in [3.8, 4) is 100 Å². The molecule has 0 saturated heterocycles. The molecule has 2 nitrogen and oxygen atoms in total. The van der Waals surface area contributed by atoms with E-state index in [9.17, 15) is 0 Å². The van der Waals surface area contributed by atoms with Gasteiger partial charge in [0.15, 0.2) is 0 Å². The van der Waals surface area contributed by atoms with Gasteiger partial charge in [0, 0.05) is 43.4 Å². The maximum atomic E-state index is 7.29. The highest BCUT2D eigenvalue weighted by molar-refractivity contribution is 6.20. The Bertz CT molecular complexity index is 7690. The number of para-hydroxylation sites is 2. The van der Waals surface area contributed by atoms with Crippen molar-refractivity contribution in [3.63, 3.8) is 0 Å². The van der Waals surface area contributed by atoms with Gasteiger partial charge in [0.05, 0.1) is 10.8 Å². The van der Waals surface area contributed by atoms with E-state index in [1.165, 1.54) is 277 Å². The molecule has 16 aromatic carbocycles. The van der Waals surface area contributed by atoms with Crippen molar-refractivity contribution in [2.45, 2.75) is 178 Å². The van der Waals surface area contributed by atoms with Gasteiger partial charge in [-0.05, 0) is 280 Å². The lowest BCUT2D eigenvalue weighted by atomic mass is 9.68. The van der Waals surface area contributed by atoms with Crippen LogP contribution in [0.3, 0.4) is 0 Å². The zero-order chi connectivity index (χ0) is 86.1. The lowest BCUT2D eigenvalue weighted by Gasteiger charge is -2.33. The van der Waals surface area contributed by atoms with Crippen molar-refractivity contribution in [1.82, 2.24) is 0 Å². The van der Waals surface area contributed by atoms with Crippen molar-refractivity contribution in [2.24, 2.45) is 0 Å². The molecule has 2 heteroatoms. The van der Waals surface area contributed by atoms with Crippen LogP contribution in [0.4, 0.5) is 0 Å². The molecule has 0 N–H and O–H groups in total. The van der Waals surface area contributed by atoms with E-state index in [-0.39, 0.29) is 21.7 Å². The molecule has 2 aromatic heterocycles. The van der Waals surface area contributed by atoms with Crippen LogP contribution in [0.25, 0.3) is 156 Å². The second-order valence-corrected chi connectivity index (χ2v) is 40.6. The molecule has 0 aliphatic heterocycles. The van der Waals surface area contributed by atoms with Crippen LogP contribution in [0.5, 0.6) is 0 Å². The molecular weight excluding hydrogens is 1550 g/mol. The first-order chi connectivity index (χ1) is 62.5. The van der Waals surface area contributed by atoms with Crippen molar-refractivity contribution in [2.75, 3.05) is 0 Å². The Morgan fingerprint density at radius 3 is 1.34 bits per heavy atom. The number of furan rings is 2. The lowest BCUT2D eigenvalue weighted by Crippen LogP contribution is -2.27. The van der Waals surface area contributed by atoms with Gasteiger partial charge in [-0.1, -0.05) is 393 Å². The van der Waals surface area contributed by atoms with E-state index >= 15 is 0 Å². The SMILES string of the molecule is CCCCCCCC1(CCCCCCC)c2ccccc2-c2ccc(-c3ccc4c(c3)C(C)(C)c3cc(-c5cc6c(c7c5oc5ccccc57)-c5ccc(/C=C(/Cc7ccc8c(c7)C7(c9ccccc9-c9ccccc97)c7cc9c(cc7-8)C7(c8ccccc8-c8ccccc87)c7ccc8oc%10ccccc%10c8c7-9)c7ccc(C(C)(C)C)cc7)cc5C6(C)C)ccc3-4)cc21. The van der Waals surface area contributed by atoms with Crippen LogP contribution in [0.2, 0.25) is 0 Å². The van der Waals surface area contributed by atoms with Crippen LogP contribution in [-0.2, 0) is 38.9 Å². The first-order valence-corrected chi connectivity index (χ1v) is 47.7. The predicted octanol–water partition coefficient (Wildman–Crippen LogP) is 34.2. The Balaban J connectivity index is 0.599. The van der Waals surface area contributed by atoms with Crippen LogP contribution in [0, 0.1) is 0 Å². The standard InChI is InChI=1S/C126H106O2/c1-10-12-14-16-32-64-124(65-33-17-15-13-11-2)99-41-25-18-34-84(99)91-60-53-80(71-108(91)124)79-52-59-89-90-61-54-81(72-107(90)122(6,7)106(89)70-79)96-73-112-116(119-95-40-24-31-47-114(95)128-120(96)119)93-58-49-76(68-105(93)123(112,8)9)66-82(78-50-55-83(56-51-78)121(3,4)5)67-77-48-57-92-97-74-111-98(75-110(97)126(109(92)69-77)102-44-28-21-37-87(102)88-38-22-29-45-103(88)126)117-104(62-63-115-118(117)94-39-23-30-46-113(94)127-115)125(111)100-42-26-19-35-85(100)86-36-20-27-43-101(86)125/h18-31,34-63,66,68-75H,10-17,32-33,64-65,67H2,1-9H3/b82-66-.